The monoisotopic (exact) mass is 409 g/mol. The van der Waals surface area contributed by atoms with E-state index in [2.05, 4.69) is 25.7 Å². The van der Waals surface area contributed by atoms with Gasteiger partial charge in [-0.1, -0.05) is 52.0 Å². The Hall–Kier alpha value is -1.68. The molecular formula is C16H16ClN5O2S2. The summed E-state index contributed by atoms with van der Waals surface area (Å²) >= 11 is 9.02. The van der Waals surface area contributed by atoms with Gasteiger partial charge >= 0.3 is 0 Å². The van der Waals surface area contributed by atoms with Gasteiger partial charge in [-0.2, -0.15) is 4.98 Å². The van der Waals surface area contributed by atoms with Gasteiger partial charge in [0.2, 0.25) is 16.8 Å². The lowest BCUT2D eigenvalue weighted by molar-refractivity contribution is 0.120. The maximum atomic E-state index is 5.99. The van der Waals surface area contributed by atoms with Crippen molar-refractivity contribution < 1.29 is 9.26 Å². The molecule has 2 aromatic heterocycles. The predicted molar refractivity (Wildman–Crippen MR) is 102 cm³/mol. The summed E-state index contributed by atoms with van der Waals surface area (Å²) in [5, 5.41) is 17.0. The Morgan fingerprint density at radius 1 is 1.35 bits per heavy atom. The number of halogens is 1. The number of nitrogens with zero attached hydrogens (tertiary/aromatic N) is 4. The molecule has 4 rings (SSSR count). The molecule has 10 heteroatoms. The van der Waals surface area contributed by atoms with E-state index in [-0.39, 0.29) is 6.10 Å². The molecule has 0 unspecified atom stereocenters. The van der Waals surface area contributed by atoms with Crippen molar-refractivity contribution in [3.63, 3.8) is 0 Å². The van der Waals surface area contributed by atoms with Crippen molar-refractivity contribution in [1.82, 2.24) is 20.3 Å². The Bertz CT molecular complexity index is 866. The molecule has 1 N–H and O–H groups in total. The van der Waals surface area contributed by atoms with Gasteiger partial charge in [0.1, 0.15) is 0 Å². The van der Waals surface area contributed by atoms with E-state index in [4.69, 9.17) is 20.9 Å². The Morgan fingerprint density at radius 3 is 3.15 bits per heavy atom. The lowest BCUT2D eigenvalue weighted by Crippen LogP contribution is -2.18. The summed E-state index contributed by atoms with van der Waals surface area (Å²) in [6, 6.07) is 7.36. The number of anilines is 1. The summed E-state index contributed by atoms with van der Waals surface area (Å²) < 4.78 is 11.7. The second-order valence-corrected chi connectivity index (χ2v) is 8.34. The molecule has 1 atom stereocenters. The van der Waals surface area contributed by atoms with Gasteiger partial charge in [-0.05, 0) is 25.0 Å². The van der Waals surface area contributed by atoms with Gasteiger partial charge in [0.15, 0.2) is 4.34 Å². The van der Waals surface area contributed by atoms with Crippen molar-refractivity contribution in [2.75, 3.05) is 18.5 Å². The van der Waals surface area contributed by atoms with Crippen LogP contribution in [0.5, 0.6) is 0 Å². The highest BCUT2D eigenvalue weighted by Crippen LogP contribution is 2.29. The van der Waals surface area contributed by atoms with E-state index < -0.39 is 0 Å². The van der Waals surface area contributed by atoms with E-state index in [1.807, 2.05) is 18.2 Å². The van der Waals surface area contributed by atoms with Gasteiger partial charge < -0.3 is 14.6 Å². The summed E-state index contributed by atoms with van der Waals surface area (Å²) in [5.74, 6) is 1.60. The van der Waals surface area contributed by atoms with E-state index >= 15 is 0 Å². The van der Waals surface area contributed by atoms with Gasteiger partial charge in [-0.3, -0.25) is 0 Å². The number of benzene rings is 1. The third-order valence-corrected chi connectivity index (χ3v) is 6.02. The first-order valence-corrected chi connectivity index (χ1v) is 10.3. The molecule has 0 aliphatic carbocycles. The predicted octanol–water partition coefficient (Wildman–Crippen LogP) is 4.12. The molecule has 3 heterocycles. The quantitative estimate of drug-likeness (QED) is 0.583. The first-order valence-electron chi connectivity index (χ1n) is 8.16. The number of rotatable bonds is 7. The number of ether oxygens (including phenoxy) is 1. The van der Waals surface area contributed by atoms with Gasteiger partial charge in [-0.15, -0.1) is 10.2 Å². The van der Waals surface area contributed by atoms with Crippen LogP contribution in [0, 0.1) is 0 Å². The molecule has 7 nitrogen and oxygen atoms in total. The second kappa shape index (κ2) is 8.34. The minimum Gasteiger partial charge on any atom is -0.376 e. The fourth-order valence-electron chi connectivity index (χ4n) is 2.53. The summed E-state index contributed by atoms with van der Waals surface area (Å²) in [5.41, 5.74) is 0.828. The molecular weight excluding hydrogens is 394 g/mol. The van der Waals surface area contributed by atoms with Crippen LogP contribution in [0.4, 0.5) is 5.13 Å². The molecule has 0 saturated carbocycles. The molecule has 1 aliphatic heterocycles. The largest absolute Gasteiger partial charge is 0.376 e. The molecule has 0 amide bonds. The summed E-state index contributed by atoms with van der Waals surface area (Å²) in [6.45, 7) is 1.62. The lowest BCUT2D eigenvalue weighted by atomic mass is 10.2. The third-order valence-electron chi connectivity index (χ3n) is 3.78. The number of aromatic nitrogens is 4. The number of hydrogen-bond acceptors (Lipinski definition) is 9. The average Bonchev–Trinajstić information content (AvgIpc) is 3.39. The van der Waals surface area contributed by atoms with Gasteiger partial charge in [0.05, 0.1) is 11.9 Å². The number of hydrogen-bond donors (Lipinski definition) is 1. The molecule has 0 radical (unpaired) electrons. The Balaban J connectivity index is 1.30. The van der Waals surface area contributed by atoms with Gasteiger partial charge in [0, 0.05) is 23.7 Å². The Kier molecular flexibility index (Phi) is 5.68. The van der Waals surface area contributed by atoms with Crippen LogP contribution in [-0.2, 0) is 10.5 Å². The summed E-state index contributed by atoms with van der Waals surface area (Å²) in [6.07, 6.45) is 2.50. The van der Waals surface area contributed by atoms with E-state index in [9.17, 15) is 0 Å². The molecule has 136 valence electrons. The van der Waals surface area contributed by atoms with Crippen LogP contribution in [0.2, 0.25) is 5.02 Å². The van der Waals surface area contributed by atoms with Crippen LogP contribution in [0.1, 0.15) is 18.7 Å². The molecule has 1 fully saturated rings. The van der Waals surface area contributed by atoms with Gasteiger partial charge in [0.25, 0.3) is 0 Å². The highest BCUT2D eigenvalue weighted by molar-refractivity contribution is 8.00. The van der Waals surface area contributed by atoms with Crippen LogP contribution >= 0.6 is 34.7 Å². The average molecular weight is 410 g/mol. The summed E-state index contributed by atoms with van der Waals surface area (Å²) in [4.78, 5) is 4.40. The standard InChI is InChI=1S/C16H16ClN5O2S2/c17-11-4-1-3-10(7-11)14-19-13(24-22-14)9-25-16-21-20-15(26-16)18-8-12-5-2-6-23-12/h1,3-4,7,12H,2,5-6,8-9H2,(H,18,20)/t12-/m1/s1. The zero-order valence-electron chi connectivity index (χ0n) is 13.7. The van der Waals surface area contributed by atoms with Crippen LogP contribution in [-0.4, -0.2) is 39.6 Å². The maximum absolute atomic E-state index is 5.99. The van der Waals surface area contributed by atoms with Crippen LogP contribution in [0.3, 0.4) is 0 Å². The van der Waals surface area contributed by atoms with E-state index in [0.717, 1.165) is 41.0 Å². The van der Waals surface area contributed by atoms with Crippen molar-refractivity contribution in [2.24, 2.45) is 0 Å². The van der Waals surface area contributed by atoms with Crippen LogP contribution in [0.15, 0.2) is 33.1 Å². The zero-order valence-corrected chi connectivity index (χ0v) is 16.1. The van der Waals surface area contributed by atoms with Crippen molar-refractivity contribution in [3.05, 3.63) is 35.2 Å². The Morgan fingerprint density at radius 2 is 2.31 bits per heavy atom. The van der Waals surface area contributed by atoms with E-state index in [0.29, 0.717) is 22.5 Å². The first-order chi connectivity index (χ1) is 12.8. The molecule has 3 aromatic rings. The van der Waals surface area contributed by atoms with Crippen LogP contribution in [0.25, 0.3) is 11.4 Å². The Labute approximate surface area is 163 Å². The van der Waals surface area contributed by atoms with Crippen molar-refractivity contribution in [3.8, 4) is 11.4 Å². The maximum Gasteiger partial charge on any atom is 0.237 e. The molecule has 26 heavy (non-hydrogen) atoms. The summed E-state index contributed by atoms with van der Waals surface area (Å²) in [7, 11) is 0. The topological polar surface area (TPSA) is 86.0 Å². The van der Waals surface area contributed by atoms with Crippen molar-refractivity contribution in [2.45, 2.75) is 29.0 Å². The fourth-order valence-corrected chi connectivity index (χ4v) is 4.31. The molecule has 1 aliphatic rings. The molecule has 0 bridgehead atoms. The molecule has 1 saturated heterocycles. The van der Waals surface area contributed by atoms with Gasteiger partial charge in [-0.25, -0.2) is 0 Å². The number of nitrogens with one attached hydrogen (secondary N) is 1. The first kappa shape index (κ1) is 17.7. The minimum atomic E-state index is 0.276. The second-order valence-electron chi connectivity index (χ2n) is 5.70. The SMILES string of the molecule is Clc1cccc(-c2noc(CSc3nnc(NC[C@H]4CCCO4)s3)n2)c1. The zero-order chi connectivity index (χ0) is 17.8. The molecule has 1 aromatic carbocycles. The van der Waals surface area contributed by atoms with Crippen molar-refractivity contribution >= 4 is 39.8 Å². The lowest BCUT2D eigenvalue weighted by Gasteiger charge is -2.08. The highest BCUT2D eigenvalue weighted by atomic mass is 35.5. The third kappa shape index (κ3) is 4.53. The van der Waals surface area contributed by atoms with Crippen molar-refractivity contribution in [1.29, 1.82) is 0 Å². The smallest absolute Gasteiger partial charge is 0.237 e. The minimum absolute atomic E-state index is 0.276. The number of thioether (sulfide) groups is 1. The molecule has 0 spiro atoms. The van der Waals surface area contributed by atoms with Crippen LogP contribution < -0.4 is 5.32 Å². The highest BCUT2D eigenvalue weighted by Gasteiger charge is 2.16. The van der Waals surface area contributed by atoms with E-state index in [1.165, 1.54) is 23.1 Å². The normalized spacial score (nSPS) is 16.9. The fraction of sp³-hybridized carbons (Fsp3) is 0.375. The van der Waals surface area contributed by atoms with E-state index in [1.54, 1.807) is 6.07 Å².